The molecule has 48 valence electrons. The normalized spacial score (nSPS) is 13.6. The molecule has 0 saturated carbocycles. The molecule has 0 rings (SSSR count). The molecule has 0 amide bonds. The van der Waals surface area contributed by atoms with E-state index in [1.807, 2.05) is 0 Å². The summed E-state index contributed by atoms with van der Waals surface area (Å²) >= 11 is 0. The van der Waals surface area contributed by atoms with Gasteiger partial charge in [0.05, 0.1) is 0 Å². The van der Waals surface area contributed by atoms with Crippen LogP contribution in [0.15, 0.2) is 0 Å². The molecule has 0 aliphatic heterocycles. The van der Waals surface area contributed by atoms with Gasteiger partial charge in [-0.3, -0.25) is 0 Å². The molecule has 0 aromatic rings. The van der Waals surface area contributed by atoms with E-state index in [1.165, 1.54) is 13.3 Å². The fraction of sp³-hybridized carbons (Fsp3) is 1.00. The van der Waals surface area contributed by atoms with Crippen LogP contribution in [0, 0.1) is 0 Å². The van der Waals surface area contributed by atoms with E-state index in [9.17, 15) is 9.13 Å². The first kappa shape index (κ1) is 8.29. The Bertz CT molecular complexity index is 135. The Labute approximate surface area is 49.3 Å². The monoisotopic (exact) mass is 155 g/mol. The van der Waals surface area contributed by atoms with Crippen LogP contribution in [-0.2, 0) is 9.13 Å². The average molecular weight is 155 g/mol. The molecule has 0 bridgehead atoms. The molecule has 0 aliphatic carbocycles. The molecule has 0 saturated heterocycles. The highest BCUT2D eigenvalue weighted by atomic mass is 31.2. The Morgan fingerprint density at radius 3 is 2.00 bits per heavy atom. The van der Waals surface area contributed by atoms with Gasteiger partial charge in [-0.1, -0.05) is 0 Å². The summed E-state index contributed by atoms with van der Waals surface area (Å²) in [5.41, 5.74) is 0. The first-order valence-electron chi connectivity index (χ1n) is 2.09. The molecule has 1 atom stereocenters. The maximum Gasteiger partial charge on any atom is 0.513 e. The van der Waals surface area contributed by atoms with Crippen LogP contribution in [0.3, 0.4) is 0 Å². The third kappa shape index (κ3) is 6.29. The van der Waals surface area contributed by atoms with E-state index in [0.29, 0.717) is 0 Å². The van der Waals surface area contributed by atoms with Gasteiger partial charge in [0.1, 0.15) is 7.14 Å². The van der Waals surface area contributed by atoms with Gasteiger partial charge in [0, 0.05) is 0 Å². The number of rotatable bonds is 2. The van der Waals surface area contributed by atoms with Crippen molar-refractivity contribution in [3.63, 3.8) is 0 Å². The first-order chi connectivity index (χ1) is 3.42. The highest BCUT2D eigenvalue weighted by Gasteiger charge is 2.21. The van der Waals surface area contributed by atoms with Gasteiger partial charge in [-0.15, -0.1) is 0 Å². The second-order valence-corrected chi connectivity index (χ2v) is 7.05. The molecular weight excluding hydrogens is 146 g/mol. The van der Waals surface area contributed by atoms with Gasteiger partial charge in [-0.2, -0.15) is 4.89 Å². The van der Waals surface area contributed by atoms with Crippen LogP contribution in [0.5, 0.6) is 0 Å². The van der Waals surface area contributed by atoms with Gasteiger partial charge in [0.25, 0.3) is 0 Å². The van der Waals surface area contributed by atoms with Crippen molar-refractivity contribution in [3.05, 3.63) is 0 Å². The minimum atomic E-state index is -2.26. The third-order valence-corrected chi connectivity index (χ3v) is 4.15. The largest absolute Gasteiger partial charge is 0.513 e. The Kier molecular flexibility index (Phi) is 2.82. The fourth-order valence-corrected chi connectivity index (χ4v) is 2.62. The van der Waals surface area contributed by atoms with E-state index in [2.05, 4.69) is 0 Å². The molecule has 0 fully saturated rings. The summed E-state index contributed by atoms with van der Waals surface area (Å²) in [6, 6.07) is 0. The van der Waals surface area contributed by atoms with E-state index in [-0.39, 0.29) is 5.90 Å². The molecule has 0 aromatic carbocycles. The minimum absolute atomic E-state index is 0.0532. The van der Waals surface area contributed by atoms with Crippen molar-refractivity contribution < 1.29 is 14.0 Å². The summed E-state index contributed by atoms with van der Waals surface area (Å²) in [6.45, 7) is 2.99. The van der Waals surface area contributed by atoms with Crippen LogP contribution in [0.4, 0.5) is 0 Å². The lowest BCUT2D eigenvalue weighted by Gasteiger charge is -1.90. The molecule has 0 aromatic heterocycles. The molecular formula is C3H9O3P2+. The van der Waals surface area contributed by atoms with Crippen LogP contribution in [0.25, 0.3) is 0 Å². The lowest BCUT2D eigenvalue weighted by molar-refractivity contribution is 0.506. The highest BCUT2D eigenvalue weighted by Crippen LogP contribution is 2.43. The quantitative estimate of drug-likeness (QED) is 0.611. The third-order valence-electron chi connectivity index (χ3n) is 0.462. The molecule has 0 heterocycles. The van der Waals surface area contributed by atoms with Crippen LogP contribution in [-0.4, -0.2) is 24.1 Å². The lowest BCUT2D eigenvalue weighted by atomic mass is 11.8. The van der Waals surface area contributed by atoms with E-state index >= 15 is 0 Å². The predicted molar refractivity (Wildman–Crippen MR) is 34.1 cm³/mol. The average Bonchev–Trinajstić information content (AvgIpc) is 1.21. The van der Waals surface area contributed by atoms with Crippen molar-refractivity contribution in [1.29, 1.82) is 0 Å². The summed E-state index contributed by atoms with van der Waals surface area (Å²) in [4.78, 5) is 8.23. The summed E-state index contributed by atoms with van der Waals surface area (Å²) in [7, 11) is -4.46. The van der Waals surface area contributed by atoms with Gasteiger partial charge in [0.15, 0.2) is 0 Å². The molecule has 8 heavy (non-hydrogen) atoms. The predicted octanol–water partition coefficient (Wildman–Crippen LogP) is 1.30. The van der Waals surface area contributed by atoms with Gasteiger partial charge in [-0.05, 0) is 17.9 Å². The van der Waals surface area contributed by atoms with Crippen molar-refractivity contribution in [2.75, 3.05) is 19.2 Å². The van der Waals surface area contributed by atoms with Gasteiger partial charge < -0.3 is 4.57 Å². The molecule has 0 radical (unpaired) electrons. The standard InChI is InChI=1S/C3H8O3P2/c1-8(2,6)3-7(4)5/h3H2,1-2H3/p+1. The summed E-state index contributed by atoms with van der Waals surface area (Å²) in [6.07, 6.45) is 0. The second kappa shape index (κ2) is 2.72. The van der Waals surface area contributed by atoms with E-state index in [0.717, 1.165) is 0 Å². The molecule has 0 aliphatic rings. The SMILES string of the molecule is CP(C)(=O)C[P+](=O)O. The van der Waals surface area contributed by atoms with Crippen LogP contribution < -0.4 is 0 Å². The maximum absolute atomic E-state index is 10.7. The maximum atomic E-state index is 10.7. The lowest BCUT2D eigenvalue weighted by Crippen LogP contribution is -1.76. The number of hydrogen-bond acceptors (Lipinski definition) is 2. The zero-order chi connectivity index (χ0) is 6.78. The van der Waals surface area contributed by atoms with E-state index in [1.54, 1.807) is 0 Å². The molecule has 0 spiro atoms. The van der Waals surface area contributed by atoms with Crippen LogP contribution >= 0.6 is 15.2 Å². The second-order valence-electron chi connectivity index (χ2n) is 2.07. The van der Waals surface area contributed by atoms with Crippen LogP contribution in [0.1, 0.15) is 0 Å². The summed E-state index contributed by atoms with van der Waals surface area (Å²) < 4.78 is 20.7. The van der Waals surface area contributed by atoms with Crippen molar-refractivity contribution in [1.82, 2.24) is 0 Å². The van der Waals surface area contributed by atoms with E-state index < -0.39 is 15.2 Å². The van der Waals surface area contributed by atoms with E-state index in [4.69, 9.17) is 4.89 Å². The zero-order valence-corrected chi connectivity index (χ0v) is 6.65. The van der Waals surface area contributed by atoms with Crippen molar-refractivity contribution in [2.45, 2.75) is 0 Å². The van der Waals surface area contributed by atoms with Crippen LogP contribution in [0.2, 0.25) is 0 Å². The highest BCUT2D eigenvalue weighted by molar-refractivity contribution is 7.71. The van der Waals surface area contributed by atoms with Crippen molar-refractivity contribution in [3.8, 4) is 0 Å². The smallest absolute Gasteiger partial charge is 0.320 e. The van der Waals surface area contributed by atoms with Gasteiger partial charge in [0.2, 0.25) is 5.90 Å². The molecule has 5 heteroatoms. The Morgan fingerprint density at radius 1 is 1.62 bits per heavy atom. The summed E-state index contributed by atoms with van der Waals surface area (Å²) in [5.74, 6) is -0.0532. The summed E-state index contributed by atoms with van der Waals surface area (Å²) in [5, 5.41) is 0. The minimum Gasteiger partial charge on any atom is -0.320 e. The fourth-order valence-electron chi connectivity index (χ4n) is 0.291. The molecule has 3 nitrogen and oxygen atoms in total. The molecule has 1 unspecified atom stereocenters. The van der Waals surface area contributed by atoms with Gasteiger partial charge in [-0.25, -0.2) is 0 Å². The topological polar surface area (TPSA) is 54.4 Å². The first-order valence-corrected chi connectivity index (χ1v) is 6.28. The van der Waals surface area contributed by atoms with Gasteiger partial charge >= 0.3 is 8.03 Å². The zero-order valence-electron chi connectivity index (χ0n) is 4.87. The Balaban J connectivity index is 3.74. The van der Waals surface area contributed by atoms with Crippen molar-refractivity contribution in [2.24, 2.45) is 0 Å². The molecule has 1 N–H and O–H groups in total. The van der Waals surface area contributed by atoms with Crippen molar-refractivity contribution >= 4 is 15.2 Å². The Morgan fingerprint density at radius 2 is 2.00 bits per heavy atom. The number of hydrogen-bond donors (Lipinski definition) is 1. The Hall–Kier alpha value is 0.290.